The second-order valence-corrected chi connectivity index (χ2v) is 8.36. The Labute approximate surface area is 199 Å². The molecule has 178 valence electrons. The zero-order valence-electron chi connectivity index (χ0n) is 19.5. The third-order valence-electron chi connectivity index (χ3n) is 5.64. The number of amides is 1. The number of anilines is 1. The molecule has 0 saturated heterocycles. The summed E-state index contributed by atoms with van der Waals surface area (Å²) < 4.78 is 5.95. The van der Waals surface area contributed by atoms with E-state index in [1.165, 1.54) is 0 Å². The minimum Gasteiger partial charge on any atom is -0.481 e. The first-order chi connectivity index (χ1) is 16.5. The lowest BCUT2D eigenvalue weighted by atomic mass is 9.97. The predicted molar refractivity (Wildman–Crippen MR) is 133 cm³/mol. The van der Waals surface area contributed by atoms with Crippen molar-refractivity contribution in [2.24, 2.45) is 0 Å². The molecule has 6 heteroatoms. The predicted octanol–water partition coefficient (Wildman–Crippen LogP) is 6.05. The molecule has 3 rings (SSSR count). The van der Waals surface area contributed by atoms with Gasteiger partial charge in [0.05, 0.1) is 6.42 Å². The van der Waals surface area contributed by atoms with E-state index in [4.69, 9.17) is 9.84 Å². The van der Waals surface area contributed by atoms with Gasteiger partial charge in [-0.1, -0.05) is 67.9 Å². The molecular formula is C28H31NO5. The first-order valence-corrected chi connectivity index (χ1v) is 11.7. The van der Waals surface area contributed by atoms with Crippen LogP contribution < -0.4 is 5.32 Å². The number of hydrogen-bond acceptors (Lipinski definition) is 4. The number of carboxylic acids is 1. The topological polar surface area (TPSA) is 92.7 Å². The van der Waals surface area contributed by atoms with Crippen molar-refractivity contribution in [2.75, 3.05) is 5.32 Å². The molecule has 0 spiro atoms. The average molecular weight is 462 g/mol. The van der Waals surface area contributed by atoms with Gasteiger partial charge in [0.1, 0.15) is 6.10 Å². The largest absolute Gasteiger partial charge is 0.481 e. The molecule has 6 nitrogen and oxygen atoms in total. The molecule has 0 heterocycles. The number of unbranched alkanes of at least 4 members (excludes halogenated alkanes) is 1. The molecular weight excluding hydrogens is 430 g/mol. The zero-order valence-corrected chi connectivity index (χ0v) is 19.5. The first kappa shape index (κ1) is 25.0. The van der Waals surface area contributed by atoms with Crippen LogP contribution in [-0.4, -0.2) is 23.0 Å². The van der Waals surface area contributed by atoms with Gasteiger partial charge in [0, 0.05) is 24.1 Å². The Hall–Kier alpha value is -3.67. The summed E-state index contributed by atoms with van der Waals surface area (Å²) in [4.78, 5) is 35.3. The lowest BCUT2D eigenvalue weighted by molar-refractivity contribution is -0.149. The highest BCUT2D eigenvalue weighted by molar-refractivity contribution is 5.91. The smallest absolute Gasteiger partial charge is 0.310 e. The van der Waals surface area contributed by atoms with Gasteiger partial charge in [0.25, 0.3) is 0 Å². The van der Waals surface area contributed by atoms with Crippen LogP contribution in [0.4, 0.5) is 5.69 Å². The van der Waals surface area contributed by atoms with Crippen LogP contribution in [0.15, 0.2) is 66.7 Å². The summed E-state index contributed by atoms with van der Waals surface area (Å²) in [6.45, 7) is 2.12. The number of carboxylic acid groups (broad SMARTS) is 1. The molecule has 0 fully saturated rings. The van der Waals surface area contributed by atoms with E-state index in [-0.39, 0.29) is 37.2 Å². The normalized spacial score (nSPS) is 11.7. The van der Waals surface area contributed by atoms with E-state index in [1.807, 2.05) is 24.3 Å². The molecule has 3 aromatic rings. The third-order valence-corrected chi connectivity index (χ3v) is 5.64. The molecule has 0 aliphatic heterocycles. The summed E-state index contributed by atoms with van der Waals surface area (Å²) >= 11 is 0. The minimum atomic E-state index is -0.915. The maximum atomic E-state index is 12.8. The van der Waals surface area contributed by atoms with Crippen molar-refractivity contribution < 1.29 is 24.2 Å². The fourth-order valence-corrected chi connectivity index (χ4v) is 3.90. The van der Waals surface area contributed by atoms with Crippen molar-refractivity contribution in [3.63, 3.8) is 0 Å². The Morgan fingerprint density at radius 3 is 2.38 bits per heavy atom. The molecule has 3 aromatic carbocycles. The van der Waals surface area contributed by atoms with Crippen molar-refractivity contribution in [3.8, 4) is 0 Å². The second-order valence-electron chi connectivity index (χ2n) is 8.36. The number of carbonyl (C=O) groups is 3. The number of fused-ring (bicyclic) bond motifs is 1. The Bertz CT molecular complexity index is 1120. The fourth-order valence-electron chi connectivity index (χ4n) is 3.90. The van der Waals surface area contributed by atoms with Crippen LogP contribution in [0.5, 0.6) is 0 Å². The molecule has 0 aliphatic carbocycles. The van der Waals surface area contributed by atoms with Gasteiger partial charge in [-0.05, 0) is 47.7 Å². The highest BCUT2D eigenvalue weighted by atomic mass is 16.5. The van der Waals surface area contributed by atoms with E-state index in [1.54, 1.807) is 24.3 Å². The monoisotopic (exact) mass is 461 g/mol. The zero-order chi connectivity index (χ0) is 24.3. The van der Waals surface area contributed by atoms with Crippen LogP contribution >= 0.6 is 0 Å². The fraction of sp³-hybridized carbons (Fsp3) is 0.321. The van der Waals surface area contributed by atoms with Gasteiger partial charge in [-0.25, -0.2) is 0 Å². The first-order valence-electron chi connectivity index (χ1n) is 11.7. The summed E-state index contributed by atoms with van der Waals surface area (Å²) in [6.07, 6.45) is 2.98. The van der Waals surface area contributed by atoms with E-state index in [9.17, 15) is 14.4 Å². The summed E-state index contributed by atoms with van der Waals surface area (Å²) in [5.74, 6) is -1.44. The number of carbonyl (C=O) groups excluding carboxylic acids is 2. The third kappa shape index (κ3) is 7.44. The van der Waals surface area contributed by atoms with Gasteiger partial charge >= 0.3 is 11.9 Å². The van der Waals surface area contributed by atoms with E-state index >= 15 is 0 Å². The SMILES string of the molecule is CCCCC(OC(=O)Cc1ccc(NC(=O)CCCC(=O)O)cc1)c1cccc2ccccc12. The summed E-state index contributed by atoms with van der Waals surface area (Å²) in [5.41, 5.74) is 2.43. The summed E-state index contributed by atoms with van der Waals surface area (Å²) in [5, 5.41) is 13.6. The summed E-state index contributed by atoms with van der Waals surface area (Å²) in [7, 11) is 0. The van der Waals surface area contributed by atoms with E-state index < -0.39 is 5.97 Å². The quantitative estimate of drug-likeness (QED) is 0.320. The lowest BCUT2D eigenvalue weighted by Gasteiger charge is -2.20. The van der Waals surface area contributed by atoms with Crippen LogP contribution in [0.3, 0.4) is 0 Å². The molecule has 0 bridgehead atoms. The molecule has 0 aromatic heterocycles. The molecule has 1 unspecified atom stereocenters. The van der Waals surface area contributed by atoms with E-state index in [2.05, 4.69) is 30.4 Å². The number of hydrogen-bond donors (Lipinski definition) is 2. The Morgan fingerprint density at radius 2 is 1.65 bits per heavy atom. The Morgan fingerprint density at radius 1 is 0.912 bits per heavy atom. The van der Waals surface area contributed by atoms with Gasteiger partial charge in [-0.3, -0.25) is 14.4 Å². The van der Waals surface area contributed by atoms with Crippen molar-refractivity contribution in [2.45, 2.75) is 58.0 Å². The van der Waals surface area contributed by atoms with Gasteiger partial charge in [0.15, 0.2) is 0 Å². The van der Waals surface area contributed by atoms with Crippen LogP contribution in [0.2, 0.25) is 0 Å². The lowest BCUT2D eigenvalue weighted by Crippen LogP contribution is -2.14. The molecule has 0 aliphatic rings. The number of rotatable bonds is 12. The summed E-state index contributed by atoms with van der Waals surface area (Å²) in [6, 6.07) is 21.2. The maximum absolute atomic E-state index is 12.8. The highest BCUT2D eigenvalue weighted by Gasteiger charge is 2.19. The molecule has 1 amide bonds. The highest BCUT2D eigenvalue weighted by Crippen LogP contribution is 2.30. The number of nitrogens with one attached hydrogen (secondary N) is 1. The number of ether oxygens (including phenoxy) is 1. The van der Waals surface area contributed by atoms with Crippen molar-refractivity contribution in [1.82, 2.24) is 0 Å². The Balaban J connectivity index is 1.61. The minimum absolute atomic E-state index is 0.0352. The van der Waals surface area contributed by atoms with Crippen molar-refractivity contribution in [3.05, 3.63) is 77.9 Å². The Kier molecular flexibility index (Phi) is 9.21. The molecule has 1 atom stereocenters. The average Bonchev–Trinajstić information content (AvgIpc) is 2.82. The van der Waals surface area contributed by atoms with Crippen molar-refractivity contribution in [1.29, 1.82) is 0 Å². The van der Waals surface area contributed by atoms with Crippen LogP contribution in [-0.2, 0) is 25.5 Å². The molecule has 2 N–H and O–H groups in total. The van der Waals surface area contributed by atoms with E-state index in [0.29, 0.717) is 12.1 Å². The molecule has 0 radical (unpaired) electrons. The standard InChI is InChI=1S/C28H31NO5/c1-2-3-12-25(24-11-6-9-21-8-4-5-10-23(21)24)34-28(33)19-20-15-17-22(18-16-20)29-26(30)13-7-14-27(31)32/h4-6,8-11,15-18,25H,2-3,7,12-14,19H2,1H3,(H,29,30)(H,31,32). The van der Waals surface area contributed by atoms with Crippen molar-refractivity contribution >= 4 is 34.3 Å². The van der Waals surface area contributed by atoms with Gasteiger partial charge in [0.2, 0.25) is 5.91 Å². The van der Waals surface area contributed by atoms with Crippen LogP contribution in [0, 0.1) is 0 Å². The van der Waals surface area contributed by atoms with E-state index in [0.717, 1.165) is 41.2 Å². The van der Waals surface area contributed by atoms with Crippen LogP contribution in [0.1, 0.15) is 62.7 Å². The number of aliphatic carboxylic acids is 1. The second kappa shape index (κ2) is 12.5. The van der Waals surface area contributed by atoms with Gasteiger partial charge < -0.3 is 15.2 Å². The number of esters is 1. The molecule has 34 heavy (non-hydrogen) atoms. The van der Waals surface area contributed by atoms with Crippen LogP contribution in [0.25, 0.3) is 10.8 Å². The number of benzene rings is 3. The van der Waals surface area contributed by atoms with Gasteiger partial charge in [-0.2, -0.15) is 0 Å². The maximum Gasteiger partial charge on any atom is 0.310 e. The molecule has 0 saturated carbocycles. The van der Waals surface area contributed by atoms with Gasteiger partial charge in [-0.15, -0.1) is 0 Å².